The van der Waals surface area contributed by atoms with Gasteiger partial charge in [-0.1, -0.05) is 36.4 Å². The first kappa shape index (κ1) is 17.8. The number of hydrogen-bond acceptors (Lipinski definition) is 2. The molecule has 1 aliphatic rings. The number of anilines is 1. The van der Waals surface area contributed by atoms with Crippen LogP contribution in [0, 0.1) is 0 Å². The molecule has 4 heteroatoms. The van der Waals surface area contributed by atoms with Crippen LogP contribution in [-0.2, 0) is 4.43 Å². The summed E-state index contributed by atoms with van der Waals surface area (Å²) < 4.78 is 6.57. The fraction of sp³-hybridized carbons (Fsp3) is 0.316. The zero-order chi connectivity index (χ0) is 16.9. The lowest BCUT2D eigenvalue weighted by Crippen LogP contribution is -2.47. The summed E-state index contributed by atoms with van der Waals surface area (Å²) in [6.07, 6.45) is 11.0. The number of benzene rings is 1. The van der Waals surface area contributed by atoms with Crippen molar-refractivity contribution in [3.8, 4) is 0 Å². The number of hydrogen-bond donors (Lipinski definition) is 0. The van der Waals surface area contributed by atoms with Gasteiger partial charge < -0.3 is 9.33 Å². The van der Waals surface area contributed by atoms with Crippen molar-refractivity contribution < 1.29 is 4.43 Å². The zero-order valence-corrected chi connectivity index (χ0v) is 15.8. The molecule has 1 aromatic rings. The van der Waals surface area contributed by atoms with Crippen LogP contribution in [-0.4, -0.2) is 20.5 Å². The summed E-state index contributed by atoms with van der Waals surface area (Å²) in [5.74, 6) is 0. The number of nitrogens with zero attached hydrogens (tertiary/aromatic N) is 1. The van der Waals surface area contributed by atoms with E-state index in [9.17, 15) is 0 Å². The van der Waals surface area contributed by atoms with Gasteiger partial charge in [0.25, 0.3) is 0 Å². The van der Waals surface area contributed by atoms with Crippen molar-refractivity contribution in [1.82, 2.24) is 0 Å². The largest absolute Gasteiger partial charge is 0.407 e. The van der Waals surface area contributed by atoms with Crippen molar-refractivity contribution in [2.45, 2.75) is 31.7 Å². The van der Waals surface area contributed by atoms with E-state index in [0.717, 1.165) is 23.7 Å². The molecule has 0 aromatic heterocycles. The molecule has 1 heterocycles. The molecule has 0 radical (unpaired) electrons. The fourth-order valence-electron chi connectivity index (χ4n) is 2.71. The zero-order valence-electron chi connectivity index (χ0n) is 14.1. The van der Waals surface area contributed by atoms with Gasteiger partial charge in [0.05, 0.1) is 12.1 Å². The molecule has 23 heavy (non-hydrogen) atoms. The van der Waals surface area contributed by atoms with Crippen molar-refractivity contribution >= 4 is 25.6 Å². The summed E-state index contributed by atoms with van der Waals surface area (Å²) in [6, 6.07) is 7.88. The van der Waals surface area contributed by atoms with Gasteiger partial charge in [-0.3, -0.25) is 0 Å². The number of allylic oxidation sites excluding steroid dienone is 2. The summed E-state index contributed by atoms with van der Waals surface area (Å²) >= 11 is 6.15. The molecule has 0 spiro atoms. The molecule has 0 N–H and O–H groups in total. The molecule has 0 bridgehead atoms. The standard InChI is InChI=1S/C19H24ClNOSi/c1-5-6-12-19(22-23(2,3)4)13-7-8-14-21(16-19)18-11-9-10-17(20)15-18/h6-11,13-15H,1,12,16H2,2-4H3. The second-order valence-electron chi connectivity index (χ2n) is 6.70. The van der Waals surface area contributed by atoms with Crippen molar-refractivity contribution in [1.29, 1.82) is 0 Å². The Morgan fingerprint density at radius 2 is 2.17 bits per heavy atom. The third-order valence-electron chi connectivity index (χ3n) is 3.46. The van der Waals surface area contributed by atoms with Crippen LogP contribution in [0.25, 0.3) is 0 Å². The number of halogens is 1. The van der Waals surface area contributed by atoms with Crippen molar-refractivity contribution in [3.63, 3.8) is 0 Å². The minimum absolute atomic E-state index is 0.388. The third kappa shape index (κ3) is 5.26. The lowest BCUT2D eigenvalue weighted by Gasteiger charge is -2.39. The van der Waals surface area contributed by atoms with Crippen LogP contribution in [0.4, 0.5) is 5.69 Å². The van der Waals surface area contributed by atoms with E-state index in [0.29, 0.717) is 0 Å². The lowest BCUT2D eigenvalue weighted by molar-refractivity contribution is 0.124. The Morgan fingerprint density at radius 3 is 2.83 bits per heavy atom. The second-order valence-corrected chi connectivity index (χ2v) is 11.6. The lowest BCUT2D eigenvalue weighted by atomic mass is 9.98. The fourth-order valence-corrected chi connectivity index (χ4v) is 4.33. The molecule has 0 aliphatic carbocycles. The summed E-state index contributed by atoms with van der Waals surface area (Å²) in [6.45, 7) is 11.0. The maximum Gasteiger partial charge on any atom is 0.185 e. The molecule has 2 rings (SSSR count). The first-order chi connectivity index (χ1) is 10.8. The predicted octanol–water partition coefficient (Wildman–Crippen LogP) is 5.55. The summed E-state index contributed by atoms with van der Waals surface area (Å²) in [7, 11) is -1.73. The molecular formula is C19H24ClNOSi. The average Bonchev–Trinajstić information content (AvgIpc) is 2.66. The maximum atomic E-state index is 6.57. The van der Waals surface area contributed by atoms with Gasteiger partial charge in [-0.05, 0) is 50.0 Å². The Kier molecular flexibility index (Phi) is 5.72. The molecule has 2 nitrogen and oxygen atoms in total. The van der Waals surface area contributed by atoms with Gasteiger partial charge in [0.1, 0.15) is 0 Å². The summed E-state index contributed by atoms with van der Waals surface area (Å²) in [4.78, 5) is 2.18. The highest BCUT2D eigenvalue weighted by atomic mass is 35.5. The van der Waals surface area contributed by atoms with E-state index in [-0.39, 0.29) is 5.60 Å². The van der Waals surface area contributed by atoms with Gasteiger partial charge >= 0.3 is 0 Å². The molecule has 1 unspecified atom stereocenters. The van der Waals surface area contributed by atoms with E-state index in [1.807, 2.05) is 30.4 Å². The highest BCUT2D eigenvalue weighted by molar-refractivity contribution is 6.69. The quantitative estimate of drug-likeness (QED) is 0.512. The molecule has 0 saturated carbocycles. The van der Waals surface area contributed by atoms with Gasteiger partial charge in [-0.25, -0.2) is 0 Å². The molecule has 0 saturated heterocycles. The normalized spacial score (nSPS) is 21.0. The first-order valence-electron chi connectivity index (χ1n) is 7.76. The van der Waals surface area contributed by atoms with Crippen LogP contribution in [0.5, 0.6) is 0 Å². The molecule has 0 fully saturated rings. The minimum atomic E-state index is -1.73. The Bertz CT molecular complexity index is 656. The van der Waals surface area contributed by atoms with Crippen LogP contribution < -0.4 is 4.90 Å². The maximum absolute atomic E-state index is 6.57. The summed E-state index contributed by atoms with van der Waals surface area (Å²) in [5.41, 5.74) is 3.55. The van der Waals surface area contributed by atoms with Gasteiger partial charge in [0, 0.05) is 23.3 Å². The van der Waals surface area contributed by atoms with Crippen molar-refractivity contribution in [2.75, 3.05) is 11.4 Å². The average molecular weight is 346 g/mol. The van der Waals surface area contributed by atoms with Gasteiger partial charge in [-0.15, -0.1) is 5.73 Å². The number of rotatable bonds is 5. The monoisotopic (exact) mass is 345 g/mol. The SMILES string of the molecule is C=C=CCC1(O[Si](C)(C)C)C=CC=CN(c2cccc(Cl)c2)C1. The molecule has 1 aliphatic heterocycles. The van der Waals surface area contributed by atoms with E-state index in [4.69, 9.17) is 16.0 Å². The van der Waals surface area contributed by atoms with E-state index in [2.05, 4.69) is 61.3 Å². The van der Waals surface area contributed by atoms with Gasteiger partial charge in [-0.2, -0.15) is 0 Å². The molecule has 122 valence electrons. The highest BCUT2D eigenvalue weighted by Crippen LogP contribution is 2.30. The predicted molar refractivity (Wildman–Crippen MR) is 103 cm³/mol. The molecule has 0 amide bonds. The van der Waals surface area contributed by atoms with Crippen LogP contribution in [0.1, 0.15) is 6.42 Å². The van der Waals surface area contributed by atoms with Crippen LogP contribution in [0.15, 0.2) is 67.1 Å². The third-order valence-corrected chi connectivity index (χ3v) is 4.71. The van der Waals surface area contributed by atoms with Gasteiger partial charge in [0.15, 0.2) is 8.32 Å². The molecule has 1 atom stereocenters. The Hall–Kier alpha value is -1.51. The highest BCUT2D eigenvalue weighted by Gasteiger charge is 2.35. The summed E-state index contributed by atoms with van der Waals surface area (Å²) in [5, 5.41) is 0.732. The van der Waals surface area contributed by atoms with Crippen LogP contribution in [0.2, 0.25) is 24.7 Å². The Labute approximate surface area is 145 Å². The molecular weight excluding hydrogens is 322 g/mol. The van der Waals surface area contributed by atoms with Gasteiger partial charge in [0.2, 0.25) is 0 Å². The Morgan fingerprint density at radius 1 is 1.39 bits per heavy atom. The Balaban J connectivity index is 2.36. The van der Waals surface area contributed by atoms with Crippen molar-refractivity contribution in [2.24, 2.45) is 0 Å². The van der Waals surface area contributed by atoms with E-state index < -0.39 is 8.32 Å². The van der Waals surface area contributed by atoms with Crippen LogP contribution in [0.3, 0.4) is 0 Å². The first-order valence-corrected chi connectivity index (χ1v) is 11.5. The molecule has 1 aromatic carbocycles. The second kappa shape index (κ2) is 7.37. The van der Waals surface area contributed by atoms with Crippen LogP contribution >= 0.6 is 11.6 Å². The smallest absolute Gasteiger partial charge is 0.185 e. The minimum Gasteiger partial charge on any atom is -0.407 e. The van der Waals surface area contributed by atoms with Crippen molar-refractivity contribution in [3.05, 3.63) is 72.1 Å². The van der Waals surface area contributed by atoms with E-state index >= 15 is 0 Å². The van der Waals surface area contributed by atoms with E-state index in [1.165, 1.54) is 0 Å². The van der Waals surface area contributed by atoms with E-state index in [1.54, 1.807) is 0 Å². The topological polar surface area (TPSA) is 12.5 Å².